The van der Waals surface area contributed by atoms with E-state index in [1.807, 2.05) is 11.8 Å². The van der Waals surface area contributed by atoms with Gasteiger partial charge in [-0.25, -0.2) is 0 Å². The van der Waals surface area contributed by atoms with Gasteiger partial charge in [0.1, 0.15) is 5.76 Å². The molecule has 3 rings (SSSR count). The van der Waals surface area contributed by atoms with Gasteiger partial charge in [0.2, 0.25) is 0 Å². The van der Waals surface area contributed by atoms with Crippen LogP contribution in [0.4, 0.5) is 13.2 Å². The number of aliphatic hydroxyl groups excluding tert-OH is 1. The molecule has 1 N–H and O–H groups in total. The number of alkyl halides is 3. The first kappa shape index (κ1) is 17.0. The van der Waals surface area contributed by atoms with Gasteiger partial charge >= 0.3 is 6.18 Å². The summed E-state index contributed by atoms with van der Waals surface area (Å²) in [7, 11) is 0. The molecule has 24 heavy (non-hydrogen) atoms. The number of likely N-dealkylation sites (tertiary alicyclic amines) is 1. The number of hydrogen-bond acceptors (Lipinski definition) is 4. The molecule has 1 saturated heterocycles. The number of aromatic nitrogens is 1. The minimum absolute atomic E-state index is 0.268. The zero-order valence-electron chi connectivity index (χ0n) is 13.5. The minimum atomic E-state index is -4.38. The Kier molecular flexibility index (Phi) is 4.40. The lowest BCUT2D eigenvalue weighted by Gasteiger charge is -2.25. The van der Waals surface area contributed by atoms with Crippen LogP contribution in [0.1, 0.15) is 40.6 Å². The van der Waals surface area contributed by atoms with E-state index in [1.165, 1.54) is 12.1 Å². The fraction of sp³-hybridized carbons (Fsp3) is 0.471. The molecule has 2 atom stereocenters. The van der Waals surface area contributed by atoms with Crippen molar-refractivity contribution in [2.45, 2.75) is 45.1 Å². The summed E-state index contributed by atoms with van der Waals surface area (Å²) < 4.78 is 44.0. The van der Waals surface area contributed by atoms with Gasteiger partial charge in [0.25, 0.3) is 0 Å². The molecular weight excluding hydrogens is 321 g/mol. The molecule has 1 aliphatic rings. The molecule has 2 unspecified atom stereocenters. The highest BCUT2D eigenvalue weighted by Gasteiger charge is 2.35. The standard InChI is InChI=1S/C17H19F3N2O2/c1-10-15(11(2)24-21-10)9-22-8-14(23)7-16(22)12-4-3-5-13(6-12)17(18,19)20/h3-6,14,16,23H,7-9H2,1-2H3. The van der Waals surface area contributed by atoms with E-state index in [4.69, 9.17) is 4.52 Å². The Labute approximate surface area is 137 Å². The van der Waals surface area contributed by atoms with E-state index in [0.29, 0.717) is 30.8 Å². The van der Waals surface area contributed by atoms with Crippen molar-refractivity contribution in [1.29, 1.82) is 0 Å². The molecule has 1 aromatic heterocycles. The van der Waals surface area contributed by atoms with E-state index in [2.05, 4.69) is 5.16 Å². The van der Waals surface area contributed by atoms with Gasteiger partial charge in [0, 0.05) is 24.7 Å². The molecule has 0 bridgehead atoms. The van der Waals surface area contributed by atoms with Gasteiger partial charge in [-0.3, -0.25) is 4.90 Å². The van der Waals surface area contributed by atoms with E-state index in [1.54, 1.807) is 13.0 Å². The average Bonchev–Trinajstić information content (AvgIpc) is 3.04. The van der Waals surface area contributed by atoms with E-state index in [0.717, 1.165) is 17.3 Å². The molecule has 0 radical (unpaired) electrons. The minimum Gasteiger partial charge on any atom is -0.392 e. The zero-order chi connectivity index (χ0) is 17.5. The van der Waals surface area contributed by atoms with Crippen LogP contribution in [0.15, 0.2) is 28.8 Å². The lowest BCUT2D eigenvalue weighted by molar-refractivity contribution is -0.137. The molecule has 4 nitrogen and oxygen atoms in total. The summed E-state index contributed by atoms with van der Waals surface area (Å²) in [6, 6.07) is 5.06. The maximum atomic E-state index is 13.0. The molecule has 0 aliphatic carbocycles. The van der Waals surface area contributed by atoms with Crippen LogP contribution < -0.4 is 0 Å². The predicted octanol–water partition coefficient (Wildman–Crippen LogP) is 3.62. The molecule has 2 heterocycles. The number of rotatable bonds is 3. The van der Waals surface area contributed by atoms with Gasteiger partial charge in [-0.05, 0) is 38.0 Å². The highest BCUT2D eigenvalue weighted by molar-refractivity contribution is 5.29. The Balaban J connectivity index is 1.88. The summed E-state index contributed by atoms with van der Waals surface area (Å²) in [4.78, 5) is 1.98. The second-order valence-electron chi connectivity index (χ2n) is 6.26. The maximum absolute atomic E-state index is 13.0. The molecule has 1 fully saturated rings. The Bertz CT molecular complexity index is 707. The van der Waals surface area contributed by atoms with Gasteiger partial charge in [-0.15, -0.1) is 0 Å². The fourth-order valence-electron chi connectivity index (χ4n) is 3.25. The summed E-state index contributed by atoms with van der Waals surface area (Å²) >= 11 is 0. The molecule has 130 valence electrons. The lowest BCUT2D eigenvalue weighted by Crippen LogP contribution is -2.25. The number of hydrogen-bond donors (Lipinski definition) is 1. The molecular formula is C17H19F3N2O2. The summed E-state index contributed by atoms with van der Waals surface area (Å²) in [5.41, 5.74) is 1.57. The van der Waals surface area contributed by atoms with Gasteiger partial charge in [-0.1, -0.05) is 17.3 Å². The van der Waals surface area contributed by atoms with E-state index >= 15 is 0 Å². The van der Waals surface area contributed by atoms with Crippen LogP contribution in [0.5, 0.6) is 0 Å². The quantitative estimate of drug-likeness (QED) is 0.927. The Hall–Kier alpha value is -1.86. The molecule has 0 amide bonds. The van der Waals surface area contributed by atoms with Gasteiger partial charge in [0.05, 0.1) is 17.4 Å². The molecule has 2 aromatic rings. The van der Waals surface area contributed by atoms with Crippen LogP contribution in [0.2, 0.25) is 0 Å². The van der Waals surface area contributed by atoms with Gasteiger partial charge < -0.3 is 9.63 Å². The zero-order valence-corrected chi connectivity index (χ0v) is 13.5. The average molecular weight is 340 g/mol. The molecule has 7 heteroatoms. The second-order valence-corrected chi connectivity index (χ2v) is 6.26. The highest BCUT2D eigenvalue weighted by Crippen LogP contribution is 2.37. The van der Waals surface area contributed by atoms with Crippen molar-refractivity contribution in [3.05, 3.63) is 52.4 Å². The summed E-state index contributed by atoms with van der Waals surface area (Å²) in [5, 5.41) is 13.9. The van der Waals surface area contributed by atoms with Crippen molar-refractivity contribution in [3.63, 3.8) is 0 Å². The smallest absolute Gasteiger partial charge is 0.392 e. The third-order valence-corrected chi connectivity index (χ3v) is 4.52. The van der Waals surface area contributed by atoms with Crippen LogP contribution >= 0.6 is 0 Å². The number of benzene rings is 1. The number of aryl methyl sites for hydroxylation is 2. The number of nitrogens with zero attached hydrogens (tertiary/aromatic N) is 2. The van der Waals surface area contributed by atoms with Crippen molar-refractivity contribution < 1.29 is 22.8 Å². The topological polar surface area (TPSA) is 49.5 Å². The predicted molar refractivity (Wildman–Crippen MR) is 81.2 cm³/mol. The molecule has 1 aromatic carbocycles. The van der Waals surface area contributed by atoms with Crippen LogP contribution in [-0.4, -0.2) is 27.8 Å². The normalized spacial score (nSPS) is 22.2. The molecule has 0 spiro atoms. The third kappa shape index (κ3) is 3.32. The van der Waals surface area contributed by atoms with E-state index in [9.17, 15) is 18.3 Å². The second kappa shape index (κ2) is 6.22. The van der Waals surface area contributed by atoms with Crippen molar-refractivity contribution in [1.82, 2.24) is 10.1 Å². The van der Waals surface area contributed by atoms with Crippen molar-refractivity contribution in [3.8, 4) is 0 Å². The lowest BCUT2D eigenvalue weighted by atomic mass is 10.0. The summed E-state index contributed by atoms with van der Waals surface area (Å²) in [6.07, 6.45) is -4.53. The fourth-order valence-corrected chi connectivity index (χ4v) is 3.25. The van der Waals surface area contributed by atoms with Crippen molar-refractivity contribution in [2.24, 2.45) is 0 Å². The van der Waals surface area contributed by atoms with Crippen molar-refractivity contribution >= 4 is 0 Å². The maximum Gasteiger partial charge on any atom is 0.416 e. The number of halogens is 3. The molecule has 0 saturated carbocycles. The van der Waals surface area contributed by atoms with Crippen LogP contribution in [0, 0.1) is 13.8 Å². The van der Waals surface area contributed by atoms with Gasteiger partial charge in [-0.2, -0.15) is 13.2 Å². The number of aliphatic hydroxyl groups is 1. The monoisotopic (exact) mass is 340 g/mol. The van der Waals surface area contributed by atoms with E-state index in [-0.39, 0.29) is 6.04 Å². The SMILES string of the molecule is Cc1noc(C)c1CN1CC(O)CC1c1cccc(C(F)(F)F)c1. The Morgan fingerprint density at radius 1 is 1.33 bits per heavy atom. The third-order valence-electron chi connectivity index (χ3n) is 4.52. The molecule has 1 aliphatic heterocycles. The first-order chi connectivity index (χ1) is 11.3. The summed E-state index contributed by atoms with van der Waals surface area (Å²) in [6.45, 7) is 4.53. The largest absolute Gasteiger partial charge is 0.416 e. The van der Waals surface area contributed by atoms with Gasteiger partial charge in [0.15, 0.2) is 0 Å². The first-order valence-electron chi connectivity index (χ1n) is 7.76. The van der Waals surface area contributed by atoms with Crippen LogP contribution in [0.3, 0.4) is 0 Å². The first-order valence-corrected chi connectivity index (χ1v) is 7.76. The highest BCUT2D eigenvalue weighted by atomic mass is 19.4. The Morgan fingerprint density at radius 2 is 2.08 bits per heavy atom. The Morgan fingerprint density at radius 3 is 2.71 bits per heavy atom. The van der Waals surface area contributed by atoms with Crippen molar-refractivity contribution in [2.75, 3.05) is 6.54 Å². The summed E-state index contributed by atoms with van der Waals surface area (Å²) in [5.74, 6) is 0.691. The van der Waals surface area contributed by atoms with Crippen LogP contribution in [0.25, 0.3) is 0 Å². The van der Waals surface area contributed by atoms with Crippen LogP contribution in [-0.2, 0) is 12.7 Å². The van der Waals surface area contributed by atoms with E-state index < -0.39 is 17.8 Å². The number of β-amino-alcohol motifs (C(OH)–C–C–N with tert-alkyl or cyclic N) is 1.